The van der Waals surface area contributed by atoms with Crippen LogP contribution in [-0.2, 0) is 14.4 Å². The normalized spacial score (nSPS) is 21.8. The molecule has 1 atom stereocenters. The minimum absolute atomic E-state index is 0.0718. The van der Waals surface area contributed by atoms with Crippen molar-refractivity contribution >= 4 is 17.5 Å². The lowest BCUT2D eigenvalue weighted by Crippen LogP contribution is -2.40. The van der Waals surface area contributed by atoms with E-state index in [0.717, 1.165) is 0 Å². The molecule has 0 aromatic carbocycles. The highest BCUT2D eigenvalue weighted by Gasteiger charge is 2.34. The van der Waals surface area contributed by atoms with E-state index in [0.29, 0.717) is 12.8 Å². The fourth-order valence-electron chi connectivity index (χ4n) is 1.74. The molecular weight excluding hydrogens is 170 g/mol. The highest BCUT2D eigenvalue weighted by molar-refractivity contribution is 6.01. The molecule has 1 aliphatic rings. The van der Waals surface area contributed by atoms with Gasteiger partial charge in [0, 0.05) is 12.5 Å². The lowest BCUT2D eigenvalue weighted by molar-refractivity contribution is -0.131. The third kappa shape index (κ3) is 2.14. The standard InChI is InChI=1S/C9H13NO3/c1-5(11)9(6(2)12)7-3-4-8(13)10-7/h7,9H,3-4H2,1-2H3,(H,10,13)/t7-/m1/s1. The average molecular weight is 183 g/mol. The number of carbonyl (C=O) groups excluding carboxylic acids is 3. The number of hydrogen-bond donors (Lipinski definition) is 1. The summed E-state index contributed by atoms with van der Waals surface area (Å²) in [6.07, 6.45) is 1.00. The Hall–Kier alpha value is -1.19. The molecule has 0 spiro atoms. The van der Waals surface area contributed by atoms with Gasteiger partial charge in [-0.1, -0.05) is 0 Å². The van der Waals surface area contributed by atoms with Gasteiger partial charge in [0.1, 0.15) is 11.6 Å². The van der Waals surface area contributed by atoms with Crippen LogP contribution in [0.3, 0.4) is 0 Å². The summed E-state index contributed by atoms with van der Waals surface area (Å²) in [6.45, 7) is 2.77. The summed E-state index contributed by atoms with van der Waals surface area (Å²) in [4.78, 5) is 33.1. The number of nitrogens with one attached hydrogen (secondary N) is 1. The summed E-state index contributed by atoms with van der Waals surface area (Å²) < 4.78 is 0. The topological polar surface area (TPSA) is 63.2 Å². The maximum absolute atomic E-state index is 11.1. The summed E-state index contributed by atoms with van der Waals surface area (Å²) in [5.74, 6) is -1.05. The summed E-state index contributed by atoms with van der Waals surface area (Å²) in [6, 6.07) is -0.275. The van der Waals surface area contributed by atoms with E-state index in [1.807, 2.05) is 0 Å². The quantitative estimate of drug-likeness (QED) is 0.629. The van der Waals surface area contributed by atoms with E-state index in [2.05, 4.69) is 5.32 Å². The Bertz CT molecular complexity index is 246. The number of carbonyl (C=O) groups is 3. The van der Waals surface area contributed by atoms with Crippen LogP contribution in [0.5, 0.6) is 0 Å². The fourth-order valence-corrected chi connectivity index (χ4v) is 1.74. The first-order chi connectivity index (χ1) is 6.02. The largest absolute Gasteiger partial charge is 0.352 e. The lowest BCUT2D eigenvalue weighted by Gasteiger charge is -2.17. The van der Waals surface area contributed by atoms with E-state index < -0.39 is 5.92 Å². The number of Topliss-reactive ketones (excluding diaryl/α,β-unsaturated/α-hetero) is 2. The molecule has 1 aliphatic heterocycles. The summed E-state index contributed by atoms with van der Waals surface area (Å²) in [5, 5.41) is 2.64. The maximum Gasteiger partial charge on any atom is 0.220 e. The molecule has 13 heavy (non-hydrogen) atoms. The van der Waals surface area contributed by atoms with E-state index in [9.17, 15) is 14.4 Å². The number of hydrogen-bond acceptors (Lipinski definition) is 3. The summed E-state index contributed by atoms with van der Waals surface area (Å²) in [7, 11) is 0. The van der Waals surface area contributed by atoms with Gasteiger partial charge in [-0.15, -0.1) is 0 Å². The van der Waals surface area contributed by atoms with Gasteiger partial charge in [0.2, 0.25) is 5.91 Å². The van der Waals surface area contributed by atoms with Gasteiger partial charge >= 0.3 is 0 Å². The Kier molecular flexibility index (Phi) is 2.80. The average Bonchev–Trinajstić information content (AvgIpc) is 2.34. The minimum Gasteiger partial charge on any atom is -0.352 e. The van der Waals surface area contributed by atoms with E-state index in [1.54, 1.807) is 0 Å². The molecule has 0 aliphatic carbocycles. The van der Waals surface area contributed by atoms with Gasteiger partial charge in [-0.2, -0.15) is 0 Å². The van der Waals surface area contributed by atoms with Crippen molar-refractivity contribution in [2.24, 2.45) is 5.92 Å². The van der Waals surface area contributed by atoms with Crippen LogP contribution in [0.4, 0.5) is 0 Å². The molecule has 0 aromatic heterocycles. The molecule has 0 radical (unpaired) electrons. The second kappa shape index (κ2) is 3.68. The van der Waals surface area contributed by atoms with E-state index in [1.165, 1.54) is 13.8 Å². The van der Waals surface area contributed by atoms with Gasteiger partial charge in [-0.25, -0.2) is 0 Å². The smallest absolute Gasteiger partial charge is 0.220 e. The predicted octanol–water partition coefficient (Wildman–Crippen LogP) is 0.0592. The van der Waals surface area contributed by atoms with Crippen LogP contribution in [0, 0.1) is 5.92 Å². The molecule has 4 heteroatoms. The Labute approximate surface area is 76.7 Å². The molecule has 72 valence electrons. The first-order valence-electron chi connectivity index (χ1n) is 4.32. The Morgan fingerprint density at radius 2 is 1.92 bits per heavy atom. The van der Waals surface area contributed by atoms with Gasteiger partial charge in [-0.3, -0.25) is 14.4 Å². The van der Waals surface area contributed by atoms with Gasteiger partial charge in [0.05, 0.1) is 5.92 Å². The zero-order valence-electron chi connectivity index (χ0n) is 7.79. The summed E-state index contributed by atoms with van der Waals surface area (Å²) >= 11 is 0. The number of amides is 1. The van der Waals surface area contributed by atoms with Crippen LogP contribution >= 0.6 is 0 Å². The van der Waals surface area contributed by atoms with Crippen molar-refractivity contribution in [1.82, 2.24) is 5.32 Å². The van der Waals surface area contributed by atoms with E-state index in [4.69, 9.17) is 0 Å². The molecule has 1 amide bonds. The molecule has 1 N–H and O–H groups in total. The molecule has 0 aromatic rings. The first-order valence-corrected chi connectivity index (χ1v) is 4.32. The van der Waals surface area contributed by atoms with Crippen LogP contribution in [-0.4, -0.2) is 23.5 Å². The van der Waals surface area contributed by atoms with Crippen molar-refractivity contribution in [3.63, 3.8) is 0 Å². The van der Waals surface area contributed by atoms with Crippen LogP contribution < -0.4 is 5.32 Å². The number of ketones is 2. The zero-order valence-corrected chi connectivity index (χ0v) is 7.79. The third-order valence-corrected chi connectivity index (χ3v) is 2.31. The van der Waals surface area contributed by atoms with E-state index in [-0.39, 0.29) is 23.5 Å². The molecule has 0 unspecified atom stereocenters. The van der Waals surface area contributed by atoms with Gasteiger partial charge in [0.25, 0.3) is 0 Å². The second-order valence-electron chi connectivity index (χ2n) is 3.41. The molecule has 0 saturated carbocycles. The van der Waals surface area contributed by atoms with Crippen molar-refractivity contribution in [2.75, 3.05) is 0 Å². The van der Waals surface area contributed by atoms with Crippen LogP contribution in [0.2, 0.25) is 0 Å². The fraction of sp³-hybridized carbons (Fsp3) is 0.667. The van der Waals surface area contributed by atoms with Crippen molar-refractivity contribution in [3.8, 4) is 0 Å². The van der Waals surface area contributed by atoms with Crippen molar-refractivity contribution in [3.05, 3.63) is 0 Å². The van der Waals surface area contributed by atoms with E-state index >= 15 is 0 Å². The Balaban J connectivity index is 2.71. The third-order valence-electron chi connectivity index (χ3n) is 2.31. The van der Waals surface area contributed by atoms with Gasteiger partial charge in [-0.05, 0) is 20.3 Å². The lowest BCUT2D eigenvalue weighted by atomic mass is 9.91. The monoisotopic (exact) mass is 183 g/mol. The van der Waals surface area contributed by atoms with Gasteiger partial charge < -0.3 is 5.32 Å². The maximum atomic E-state index is 11.1. The van der Waals surface area contributed by atoms with Crippen LogP contribution in [0.1, 0.15) is 26.7 Å². The van der Waals surface area contributed by atoms with Crippen molar-refractivity contribution in [1.29, 1.82) is 0 Å². The summed E-state index contributed by atoms with van der Waals surface area (Å²) in [5.41, 5.74) is 0. The Morgan fingerprint density at radius 3 is 2.23 bits per heavy atom. The minimum atomic E-state index is -0.647. The Morgan fingerprint density at radius 1 is 1.38 bits per heavy atom. The van der Waals surface area contributed by atoms with Crippen LogP contribution in [0.15, 0.2) is 0 Å². The predicted molar refractivity (Wildman–Crippen MR) is 46.0 cm³/mol. The second-order valence-corrected chi connectivity index (χ2v) is 3.41. The molecule has 4 nitrogen and oxygen atoms in total. The van der Waals surface area contributed by atoms with Crippen LogP contribution in [0.25, 0.3) is 0 Å². The van der Waals surface area contributed by atoms with Gasteiger partial charge in [0.15, 0.2) is 0 Å². The first kappa shape index (κ1) is 9.89. The number of rotatable bonds is 3. The molecule has 0 bridgehead atoms. The zero-order chi connectivity index (χ0) is 10.0. The van der Waals surface area contributed by atoms with Crippen molar-refractivity contribution in [2.45, 2.75) is 32.7 Å². The molecule has 1 heterocycles. The molecule has 1 rings (SSSR count). The van der Waals surface area contributed by atoms with Crippen molar-refractivity contribution < 1.29 is 14.4 Å². The highest BCUT2D eigenvalue weighted by Crippen LogP contribution is 2.17. The molecular formula is C9H13NO3. The molecule has 1 saturated heterocycles. The molecule has 1 fully saturated rings. The highest BCUT2D eigenvalue weighted by atomic mass is 16.2. The SMILES string of the molecule is CC(=O)C(C(C)=O)[C@H]1CCC(=O)N1.